The fourth-order valence-electron chi connectivity index (χ4n) is 2.50. The van der Waals surface area contributed by atoms with Crippen molar-refractivity contribution in [1.29, 1.82) is 0 Å². The van der Waals surface area contributed by atoms with Crippen LogP contribution in [0.5, 0.6) is 0 Å². The average molecular weight is 383 g/mol. The van der Waals surface area contributed by atoms with Crippen molar-refractivity contribution >= 4 is 23.1 Å². The first-order valence-corrected chi connectivity index (χ1v) is 8.57. The third kappa shape index (κ3) is 4.77. The smallest absolute Gasteiger partial charge is 0.306 e. The largest absolute Gasteiger partial charge is 0.396 e. The van der Waals surface area contributed by atoms with Gasteiger partial charge in [-0.1, -0.05) is 30.3 Å². The van der Waals surface area contributed by atoms with E-state index in [1.54, 1.807) is 6.07 Å². The van der Waals surface area contributed by atoms with Crippen LogP contribution in [0.3, 0.4) is 0 Å². The maximum atomic E-state index is 13.6. The Hall–Kier alpha value is -3.59. The highest BCUT2D eigenvalue weighted by molar-refractivity contribution is 5.68. The minimum Gasteiger partial charge on any atom is -0.396 e. The summed E-state index contributed by atoms with van der Waals surface area (Å²) in [5, 5.41) is 25.9. The Morgan fingerprint density at radius 2 is 1.89 bits per heavy atom. The molecule has 3 rings (SSSR count). The van der Waals surface area contributed by atoms with E-state index < -0.39 is 16.4 Å². The van der Waals surface area contributed by atoms with Crippen LogP contribution in [0.1, 0.15) is 6.42 Å². The van der Waals surface area contributed by atoms with Gasteiger partial charge >= 0.3 is 5.69 Å². The molecule has 3 aromatic rings. The topological polar surface area (TPSA) is 113 Å². The van der Waals surface area contributed by atoms with Crippen molar-refractivity contribution in [2.24, 2.45) is 0 Å². The van der Waals surface area contributed by atoms with Crippen molar-refractivity contribution < 1.29 is 14.4 Å². The molecule has 0 radical (unpaired) electrons. The Kier molecular flexibility index (Phi) is 6.07. The lowest BCUT2D eigenvalue weighted by Crippen LogP contribution is -2.08. The van der Waals surface area contributed by atoms with Crippen LogP contribution >= 0.6 is 0 Å². The quantitative estimate of drug-likeness (QED) is 0.308. The van der Waals surface area contributed by atoms with Gasteiger partial charge in [0.15, 0.2) is 0 Å². The zero-order valence-corrected chi connectivity index (χ0v) is 14.8. The first-order chi connectivity index (χ1) is 13.6. The number of aliphatic hydroxyl groups excluding tert-OH is 1. The molecule has 2 aromatic carbocycles. The number of anilines is 3. The lowest BCUT2D eigenvalue weighted by molar-refractivity contribution is -0.387. The summed E-state index contributed by atoms with van der Waals surface area (Å²) in [5.41, 5.74) is 1.21. The summed E-state index contributed by atoms with van der Waals surface area (Å²) >= 11 is 0. The Morgan fingerprint density at radius 3 is 2.61 bits per heavy atom. The summed E-state index contributed by atoms with van der Waals surface area (Å²) in [5.74, 6) is -0.176. The van der Waals surface area contributed by atoms with Gasteiger partial charge in [-0.2, -0.15) is 9.37 Å². The van der Waals surface area contributed by atoms with E-state index in [0.717, 1.165) is 17.7 Å². The van der Waals surface area contributed by atoms with E-state index in [4.69, 9.17) is 5.11 Å². The maximum absolute atomic E-state index is 13.6. The van der Waals surface area contributed by atoms with Crippen LogP contribution in [0.25, 0.3) is 11.3 Å². The number of benzene rings is 2. The second-order valence-electron chi connectivity index (χ2n) is 5.88. The Bertz CT molecular complexity index is 969. The van der Waals surface area contributed by atoms with Crippen LogP contribution in [0.15, 0.2) is 54.6 Å². The van der Waals surface area contributed by atoms with Crippen molar-refractivity contribution in [1.82, 2.24) is 9.97 Å². The number of nitrogens with one attached hydrogen (secondary N) is 2. The number of hydrogen-bond donors (Lipinski definition) is 3. The number of nitro groups is 1. The molecular formula is C19H18FN5O3. The third-order valence-electron chi connectivity index (χ3n) is 3.83. The molecule has 1 aromatic heterocycles. The number of nitro benzene ring substituents is 1. The molecule has 144 valence electrons. The van der Waals surface area contributed by atoms with Crippen LogP contribution in [0.2, 0.25) is 0 Å². The second-order valence-corrected chi connectivity index (χ2v) is 5.88. The standard InChI is InChI=1S/C19H18FN5O3/c20-15-8-7-14(11-17(15)25(27)28)22-18-12-16(13-5-2-1-3-6-13)23-19(24-18)21-9-4-10-26/h1-3,5-8,11-12,26H,4,9-10H2,(H2,21,22,23,24). The van der Waals surface area contributed by atoms with Gasteiger partial charge < -0.3 is 15.7 Å². The lowest BCUT2D eigenvalue weighted by Gasteiger charge is -2.11. The predicted molar refractivity (Wildman–Crippen MR) is 104 cm³/mol. The zero-order valence-electron chi connectivity index (χ0n) is 14.8. The first-order valence-electron chi connectivity index (χ1n) is 8.57. The van der Waals surface area contributed by atoms with Crippen LogP contribution in [-0.4, -0.2) is 33.1 Å². The van der Waals surface area contributed by atoms with Crippen molar-refractivity contribution in [3.63, 3.8) is 0 Å². The van der Waals surface area contributed by atoms with E-state index in [0.29, 0.717) is 36.1 Å². The molecule has 0 fully saturated rings. The van der Waals surface area contributed by atoms with Crippen molar-refractivity contribution in [2.75, 3.05) is 23.8 Å². The summed E-state index contributed by atoms with van der Waals surface area (Å²) < 4.78 is 13.6. The molecule has 0 unspecified atom stereocenters. The summed E-state index contributed by atoms with van der Waals surface area (Å²) in [4.78, 5) is 19.0. The summed E-state index contributed by atoms with van der Waals surface area (Å²) in [6, 6.07) is 14.7. The first kappa shape index (κ1) is 19.2. The fraction of sp³-hybridized carbons (Fsp3) is 0.158. The number of nitrogens with zero attached hydrogens (tertiary/aromatic N) is 3. The molecule has 9 heteroatoms. The highest BCUT2D eigenvalue weighted by Crippen LogP contribution is 2.26. The van der Waals surface area contributed by atoms with Crippen molar-refractivity contribution in [2.45, 2.75) is 6.42 Å². The van der Waals surface area contributed by atoms with Gasteiger partial charge in [0.25, 0.3) is 0 Å². The average Bonchev–Trinajstić information content (AvgIpc) is 2.70. The van der Waals surface area contributed by atoms with Gasteiger partial charge in [-0.3, -0.25) is 10.1 Å². The number of halogens is 1. The Labute approximate surface area is 160 Å². The Morgan fingerprint density at radius 1 is 1.11 bits per heavy atom. The highest BCUT2D eigenvalue weighted by atomic mass is 19.1. The van der Waals surface area contributed by atoms with Gasteiger partial charge in [-0.15, -0.1) is 0 Å². The van der Waals surface area contributed by atoms with Gasteiger partial charge in [0, 0.05) is 36.5 Å². The van der Waals surface area contributed by atoms with Crippen LogP contribution < -0.4 is 10.6 Å². The predicted octanol–water partition coefficient (Wildman–Crippen LogP) is 3.73. The summed E-state index contributed by atoms with van der Waals surface area (Å²) in [6.45, 7) is 0.520. The van der Waals surface area contributed by atoms with E-state index in [9.17, 15) is 14.5 Å². The zero-order chi connectivity index (χ0) is 19.9. The fourth-order valence-corrected chi connectivity index (χ4v) is 2.50. The summed E-state index contributed by atoms with van der Waals surface area (Å²) in [7, 11) is 0. The SMILES string of the molecule is O=[N+]([O-])c1cc(Nc2cc(-c3ccccc3)nc(NCCCO)n2)ccc1F. The molecule has 8 nitrogen and oxygen atoms in total. The van der Waals surface area contributed by atoms with Gasteiger partial charge in [0.05, 0.1) is 10.6 Å². The number of rotatable bonds is 8. The highest BCUT2D eigenvalue weighted by Gasteiger charge is 2.15. The molecule has 3 N–H and O–H groups in total. The van der Waals surface area contributed by atoms with E-state index in [-0.39, 0.29) is 6.61 Å². The molecular weight excluding hydrogens is 365 g/mol. The van der Waals surface area contributed by atoms with E-state index >= 15 is 0 Å². The lowest BCUT2D eigenvalue weighted by atomic mass is 10.1. The molecule has 0 saturated carbocycles. The number of aliphatic hydroxyl groups is 1. The van der Waals surface area contributed by atoms with Crippen LogP contribution in [-0.2, 0) is 0 Å². The molecule has 1 heterocycles. The monoisotopic (exact) mass is 383 g/mol. The van der Waals surface area contributed by atoms with Crippen molar-refractivity contribution in [3.05, 3.63) is 70.5 Å². The molecule has 0 atom stereocenters. The molecule has 0 saturated heterocycles. The normalized spacial score (nSPS) is 10.5. The van der Waals surface area contributed by atoms with Crippen molar-refractivity contribution in [3.8, 4) is 11.3 Å². The molecule has 0 aliphatic heterocycles. The van der Waals surface area contributed by atoms with Gasteiger partial charge in [-0.05, 0) is 18.6 Å². The van der Waals surface area contributed by atoms with Crippen LogP contribution in [0, 0.1) is 15.9 Å². The minimum atomic E-state index is -0.908. The summed E-state index contributed by atoms with van der Waals surface area (Å²) in [6.07, 6.45) is 0.534. The minimum absolute atomic E-state index is 0.0374. The van der Waals surface area contributed by atoms with E-state index in [1.807, 2.05) is 30.3 Å². The van der Waals surface area contributed by atoms with E-state index in [2.05, 4.69) is 20.6 Å². The molecule has 0 aliphatic rings. The molecule has 0 bridgehead atoms. The number of aromatic nitrogens is 2. The number of hydrogen-bond acceptors (Lipinski definition) is 7. The molecule has 0 spiro atoms. The third-order valence-corrected chi connectivity index (χ3v) is 3.83. The second kappa shape index (κ2) is 8.87. The molecule has 0 aliphatic carbocycles. The molecule has 28 heavy (non-hydrogen) atoms. The maximum Gasteiger partial charge on any atom is 0.306 e. The van der Waals surface area contributed by atoms with Gasteiger partial charge in [0.1, 0.15) is 5.82 Å². The Balaban J connectivity index is 1.94. The van der Waals surface area contributed by atoms with E-state index in [1.165, 1.54) is 6.07 Å². The van der Waals surface area contributed by atoms with Crippen LogP contribution in [0.4, 0.5) is 27.5 Å². The molecule has 0 amide bonds. The van der Waals surface area contributed by atoms with Gasteiger partial charge in [-0.25, -0.2) is 4.98 Å². The van der Waals surface area contributed by atoms with Gasteiger partial charge in [0.2, 0.25) is 11.8 Å².